The molecule has 0 N–H and O–H groups in total. The van der Waals surface area contributed by atoms with Crippen LogP contribution in [0.1, 0.15) is 12.0 Å². The Hall–Kier alpha value is -2.39. The molecule has 0 radical (unpaired) electrons. The lowest BCUT2D eigenvalue weighted by Crippen LogP contribution is -2.37. The minimum absolute atomic E-state index is 0. The first kappa shape index (κ1) is 24.3. The van der Waals surface area contributed by atoms with E-state index in [0.29, 0.717) is 27.8 Å². The molecule has 0 fully saturated rings. The van der Waals surface area contributed by atoms with Crippen LogP contribution < -0.4 is 10.7 Å². The fourth-order valence-electron chi connectivity index (χ4n) is 3.46. The predicted octanol–water partition coefficient (Wildman–Crippen LogP) is 4.57. The number of carbonyl (C=O) groups is 1. The molecule has 0 unspecified atom stereocenters. The van der Waals surface area contributed by atoms with Gasteiger partial charge >= 0.3 is 5.76 Å². The maximum atomic E-state index is 13.4. The highest BCUT2D eigenvalue weighted by atomic mass is 35.5. The number of oxazole rings is 1. The van der Waals surface area contributed by atoms with E-state index in [0.717, 1.165) is 28.7 Å². The summed E-state index contributed by atoms with van der Waals surface area (Å²) in [4.78, 5) is 34.2. The lowest BCUT2D eigenvalue weighted by Gasteiger charge is -2.21. The second-order valence-corrected chi connectivity index (χ2v) is 9.06. The van der Waals surface area contributed by atoms with E-state index in [1.807, 2.05) is 39.2 Å². The van der Waals surface area contributed by atoms with Crippen molar-refractivity contribution in [1.29, 1.82) is 0 Å². The van der Waals surface area contributed by atoms with Gasteiger partial charge in [-0.15, -0.1) is 12.4 Å². The minimum Gasteiger partial charge on any atom is -0.408 e. The molecule has 32 heavy (non-hydrogen) atoms. The van der Waals surface area contributed by atoms with E-state index in [2.05, 4.69) is 4.90 Å². The Morgan fingerprint density at radius 2 is 1.94 bits per heavy atom. The highest BCUT2D eigenvalue weighted by Gasteiger charge is 2.23. The standard InChI is InChI=1S/C22H23ClN4O3S.ClH/c1-14-15(23)9-10-18-20(14)24-21(31-18)26(12-6-11-25(2)3)19(28)13-27-16-7-4-5-8-17(16)30-22(27)29;/h4-5,7-10H,6,11-13H2,1-3H3;1H. The summed E-state index contributed by atoms with van der Waals surface area (Å²) in [6.07, 6.45) is 0.773. The van der Waals surface area contributed by atoms with Crippen molar-refractivity contribution in [2.24, 2.45) is 0 Å². The molecule has 7 nitrogen and oxygen atoms in total. The van der Waals surface area contributed by atoms with Gasteiger partial charge in [0.15, 0.2) is 10.7 Å². The Morgan fingerprint density at radius 3 is 2.69 bits per heavy atom. The van der Waals surface area contributed by atoms with Crippen LogP contribution in [0.25, 0.3) is 21.3 Å². The molecule has 0 atom stereocenters. The van der Waals surface area contributed by atoms with Gasteiger partial charge in [-0.25, -0.2) is 9.78 Å². The van der Waals surface area contributed by atoms with Crippen molar-refractivity contribution >= 4 is 67.7 Å². The van der Waals surface area contributed by atoms with Crippen molar-refractivity contribution in [2.75, 3.05) is 32.1 Å². The molecule has 2 aromatic carbocycles. The Labute approximate surface area is 200 Å². The average Bonchev–Trinajstić information content (AvgIpc) is 3.29. The van der Waals surface area contributed by atoms with Gasteiger partial charge in [-0.3, -0.25) is 14.3 Å². The maximum absolute atomic E-state index is 13.4. The Bertz CT molecular complexity index is 1310. The fourth-order valence-corrected chi connectivity index (χ4v) is 4.68. The predicted molar refractivity (Wildman–Crippen MR) is 133 cm³/mol. The highest BCUT2D eigenvalue weighted by molar-refractivity contribution is 7.22. The van der Waals surface area contributed by atoms with Crippen LogP contribution in [-0.4, -0.2) is 47.5 Å². The fraction of sp³-hybridized carbons (Fsp3) is 0.318. The highest BCUT2D eigenvalue weighted by Crippen LogP contribution is 2.33. The van der Waals surface area contributed by atoms with Crippen LogP contribution in [0, 0.1) is 6.92 Å². The number of carbonyl (C=O) groups excluding carboxylic acids is 1. The number of aryl methyl sites for hydroxylation is 1. The Morgan fingerprint density at radius 1 is 1.19 bits per heavy atom. The van der Waals surface area contributed by atoms with Crippen LogP contribution in [0.15, 0.2) is 45.6 Å². The number of benzene rings is 2. The normalized spacial score (nSPS) is 11.3. The molecule has 0 bridgehead atoms. The molecule has 0 aliphatic rings. The first-order valence-corrected chi connectivity index (χ1v) is 11.1. The molecule has 2 aromatic heterocycles. The van der Waals surface area contributed by atoms with Crippen molar-refractivity contribution in [3.63, 3.8) is 0 Å². The molecule has 1 amide bonds. The number of para-hydroxylation sites is 2. The molecule has 2 heterocycles. The summed E-state index contributed by atoms with van der Waals surface area (Å²) in [5, 5.41) is 1.25. The summed E-state index contributed by atoms with van der Waals surface area (Å²) in [6.45, 7) is 3.12. The lowest BCUT2D eigenvalue weighted by molar-refractivity contribution is -0.119. The summed E-state index contributed by atoms with van der Waals surface area (Å²) in [7, 11) is 3.98. The summed E-state index contributed by atoms with van der Waals surface area (Å²) in [5.41, 5.74) is 2.74. The maximum Gasteiger partial charge on any atom is 0.420 e. The van der Waals surface area contributed by atoms with Crippen LogP contribution in [-0.2, 0) is 11.3 Å². The molecule has 4 rings (SSSR count). The molecule has 0 aliphatic carbocycles. The quantitative estimate of drug-likeness (QED) is 0.376. The van der Waals surface area contributed by atoms with E-state index in [4.69, 9.17) is 21.0 Å². The average molecular weight is 495 g/mol. The monoisotopic (exact) mass is 494 g/mol. The number of rotatable bonds is 7. The van der Waals surface area contributed by atoms with Crippen molar-refractivity contribution < 1.29 is 9.21 Å². The Balaban J connectivity index is 0.00000289. The number of amides is 1. The largest absolute Gasteiger partial charge is 0.420 e. The smallest absolute Gasteiger partial charge is 0.408 e. The van der Waals surface area contributed by atoms with Gasteiger partial charge in [0.05, 0.1) is 15.7 Å². The number of hydrogen-bond acceptors (Lipinski definition) is 6. The van der Waals surface area contributed by atoms with Gasteiger partial charge < -0.3 is 9.32 Å². The van der Waals surface area contributed by atoms with E-state index in [1.165, 1.54) is 15.9 Å². The third-order valence-corrected chi connectivity index (χ3v) is 6.58. The number of anilines is 1. The topological polar surface area (TPSA) is 71.6 Å². The van der Waals surface area contributed by atoms with Gasteiger partial charge in [0.1, 0.15) is 6.54 Å². The minimum atomic E-state index is -0.547. The van der Waals surface area contributed by atoms with E-state index in [9.17, 15) is 9.59 Å². The van der Waals surface area contributed by atoms with Gasteiger partial charge in [0, 0.05) is 11.6 Å². The van der Waals surface area contributed by atoms with Gasteiger partial charge in [-0.05, 0) is 63.8 Å². The second-order valence-electron chi connectivity index (χ2n) is 7.64. The van der Waals surface area contributed by atoms with Gasteiger partial charge in [-0.1, -0.05) is 35.1 Å². The first-order chi connectivity index (χ1) is 14.8. The van der Waals surface area contributed by atoms with Crippen LogP contribution >= 0.6 is 35.3 Å². The molecule has 4 aromatic rings. The molecule has 0 aliphatic heterocycles. The molecule has 0 spiro atoms. The number of hydrogen-bond donors (Lipinski definition) is 0. The summed E-state index contributed by atoms with van der Waals surface area (Å²) >= 11 is 7.70. The number of nitrogens with zero attached hydrogens (tertiary/aromatic N) is 4. The van der Waals surface area contributed by atoms with Crippen LogP contribution in [0.2, 0.25) is 5.02 Å². The number of halogens is 2. The molecule has 0 saturated heterocycles. The summed E-state index contributed by atoms with van der Waals surface area (Å²) in [6, 6.07) is 10.9. The van der Waals surface area contributed by atoms with Crippen molar-refractivity contribution in [3.8, 4) is 0 Å². The van der Waals surface area contributed by atoms with Gasteiger partial charge in [0.25, 0.3) is 0 Å². The molecule has 10 heteroatoms. The lowest BCUT2D eigenvalue weighted by atomic mass is 10.2. The number of aromatic nitrogens is 2. The van der Waals surface area contributed by atoms with Crippen LogP contribution in [0.4, 0.5) is 5.13 Å². The third-order valence-electron chi connectivity index (χ3n) is 5.12. The zero-order valence-electron chi connectivity index (χ0n) is 18.0. The molecule has 170 valence electrons. The van der Waals surface area contributed by atoms with E-state index >= 15 is 0 Å². The van der Waals surface area contributed by atoms with Crippen LogP contribution in [0.3, 0.4) is 0 Å². The van der Waals surface area contributed by atoms with Crippen LogP contribution in [0.5, 0.6) is 0 Å². The molecular formula is C22H24Cl2N4O3S. The molecule has 0 saturated carbocycles. The number of fused-ring (bicyclic) bond motifs is 2. The molecular weight excluding hydrogens is 471 g/mol. The summed E-state index contributed by atoms with van der Waals surface area (Å²) < 4.78 is 7.61. The summed E-state index contributed by atoms with van der Waals surface area (Å²) in [5.74, 6) is -0.759. The zero-order chi connectivity index (χ0) is 22.1. The van der Waals surface area contributed by atoms with Crippen molar-refractivity contribution in [1.82, 2.24) is 14.5 Å². The van der Waals surface area contributed by atoms with Gasteiger partial charge in [0.2, 0.25) is 5.91 Å². The SMILES string of the molecule is Cc1c(Cl)ccc2sc(N(CCCN(C)C)C(=O)Cn3c(=O)oc4ccccc43)nc12.Cl. The second kappa shape index (κ2) is 10.0. The van der Waals surface area contributed by atoms with Gasteiger partial charge in [-0.2, -0.15) is 0 Å². The van der Waals surface area contributed by atoms with Crippen molar-refractivity contribution in [3.05, 3.63) is 57.5 Å². The Kier molecular flexibility index (Phi) is 7.61. The van der Waals surface area contributed by atoms with Crippen molar-refractivity contribution in [2.45, 2.75) is 19.9 Å². The van der Waals surface area contributed by atoms with E-state index < -0.39 is 5.76 Å². The van der Waals surface area contributed by atoms with E-state index in [1.54, 1.807) is 23.1 Å². The third kappa shape index (κ3) is 4.83. The zero-order valence-corrected chi connectivity index (χ0v) is 20.4. The number of thiazole rings is 1. The first-order valence-electron chi connectivity index (χ1n) is 9.94. The van der Waals surface area contributed by atoms with E-state index in [-0.39, 0.29) is 24.9 Å².